The molecular formula is C25H21N5O2. The number of benzene rings is 2. The fourth-order valence-electron chi connectivity index (χ4n) is 4.75. The molecule has 2 aromatic carbocycles. The molecule has 7 heteroatoms. The monoisotopic (exact) mass is 423 g/mol. The summed E-state index contributed by atoms with van der Waals surface area (Å²) in [7, 11) is 0. The zero-order chi connectivity index (χ0) is 21.7. The summed E-state index contributed by atoms with van der Waals surface area (Å²) in [6, 6.07) is 19.8. The zero-order valence-corrected chi connectivity index (χ0v) is 17.3. The number of amides is 2. The molecule has 0 bridgehead atoms. The second-order valence-electron chi connectivity index (χ2n) is 8.27. The lowest BCUT2D eigenvalue weighted by Gasteiger charge is -2.24. The van der Waals surface area contributed by atoms with E-state index in [1.54, 1.807) is 4.68 Å². The molecule has 3 aliphatic rings. The van der Waals surface area contributed by atoms with Gasteiger partial charge in [-0.1, -0.05) is 72.8 Å². The standard InChI is InChI=1S/C25H21N5O2/c31-22-18-13-7-8-14-19(18)23(32)29(22)25-27-24-26-20(16-9-3-1-4-10-16)15-21(30(24)28-25)17-11-5-2-6-12-17/h1-12,15,18-19,21H,13-14H2,(H,26,27,28). The number of aromatic nitrogens is 3. The van der Waals surface area contributed by atoms with Crippen molar-refractivity contribution in [3.05, 3.63) is 90.0 Å². The first kappa shape index (κ1) is 18.7. The van der Waals surface area contributed by atoms with E-state index in [4.69, 9.17) is 0 Å². The SMILES string of the molecule is O=C1C2CC=CCC2C(=O)N1c1nc2n(n1)C(c1ccccc1)C=C(c1ccccc1)N2. The van der Waals surface area contributed by atoms with Gasteiger partial charge in [-0.05, 0) is 30.0 Å². The van der Waals surface area contributed by atoms with Crippen LogP contribution in [0.5, 0.6) is 0 Å². The van der Waals surface area contributed by atoms with Crippen LogP contribution in [0.15, 0.2) is 78.9 Å². The van der Waals surface area contributed by atoms with Gasteiger partial charge in [0.05, 0.1) is 11.8 Å². The molecule has 0 spiro atoms. The van der Waals surface area contributed by atoms with E-state index in [0.717, 1.165) is 16.8 Å². The van der Waals surface area contributed by atoms with Crippen molar-refractivity contribution in [2.45, 2.75) is 18.9 Å². The van der Waals surface area contributed by atoms with Gasteiger partial charge in [0.1, 0.15) is 6.04 Å². The van der Waals surface area contributed by atoms with Crippen molar-refractivity contribution >= 4 is 29.4 Å². The van der Waals surface area contributed by atoms with E-state index in [0.29, 0.717) is 18.8 Å². The molecule has 2 aliphatic heterocycles. The van der Waals surface area contributed by atoms with Gasteiger partial charge >= 0.3 is 0 Å². The molecule has 3 unspecified atom stereocenters. The van der Waals surface area contributed by atoms with Crippen LogP contribution in [0.2, 0.25) is 0 Å². The van der Waals surface area contributed by atoms with Gasteiger partial charge < -0.3 is 5.32 Å². The smallest absolute Gasteiger partial charge is 0.260 e. The molecule has 3 heterocycles. The second kappa shape index (κ2) is 7.30. The van der Waals surface area contributed by atoms with Crippen LogP contribution in [0, 0.1) is 11.8 Å². The van der Waals surface area contributed by atoms with Crippen molar-refractivity contribution in [2.24, 2.45) is 11.8 Å². The minimum Gasteiger partial charge on any atom is -0.324 e. The maximum atomic E-state index is 13.0. The Bertz CT molecular complexity index is 1240. The summed E-state index contributed by atoms with van der Waals surface area (Å²) in [4.78, 5) is 31.9. The van der Waals surface area contributed by atoms with Gasteiger partial charge in [-0.2, -0.15) is 4.98 Å². The van der Waals surface area contributed by atoms with E-state index >= 15 is 0 Å². The number of rotatable bonds is 3. The van der Waals surface area contributed by atoms with Crippen molar-refractivity contribution in [2.75, 3.05) is 10.2 Å². The first-order chi connectivity index (χ1) is 15.7. The molecular weight excluding hydrogens is 402 g/mol. The van der Waals surface area contributed by atoms with Gasteiger partial charge in [-0.3, -0.25) is 9.59 Å². The molecule has 1 aliphatic carbocycles. The lowest BCUT2D eigenvalue weighted by molar-refractivity contribution is -0.122. The Labute approximate surface area is 185 Å². The van der Waals surface area contributed by atoms with Gasteiger partial charge in [0, 0.05) is 5.70 Å². The number of nitrogens with one attached hydrogen (secondary N) is 1. The molecule has 7 nitrogen and oxygen atoms in total. The third-order valence-corrected chi connectivity index (χ3v) is 6.39. The molecule has 158 valence electrons. The topological polar surface area (TPSA) is 80.1 Å². The molecule has 6 rings (SSSR count). The van der Waals surface area contributed by atoms with Crippen LogP contribution in [0.25, 0.3) is 5.70 Å². The fraction of sp³-hybridized carbons (Fsp3) is 0.200. The van der Waals surface area contributed by atoms with Crippen molar-refractivity contribution in [1.82, 2.24) is 14.8 Å². The normalized spacial score (nSPS) is 24.1. The van der Waals surface area contributed by atoms with Crippen molar-refractivity contribution in [3.63, 3.8) is 0 Å². The van der Waals surface area contributed by atoms with Gasteiger partial charge in [0.2, 0.25) is 17.8 Å². The molecule has 2 amide bonds. The summed E-state index contributed by atoms with van der Waals surface area (Å²) in [5.74, 6) is -0.406. The first-order valence-electron chi connectivity index (χ1n) is 10.8. The second-order valence-corrected chi connectivity index (χ2v) is 8.27. The summed E-state index contributed by atoms with van der Waals surface area (Å²) in [6.07, 6.45) is 7.22. The number of carbonyl (C=O) groups excluding carboxylic acids is 2. The van der Waals surface area contributed by atoms with E-state index < -0.39 is 0 Å². The van der Waals surface area contributed by atoms with Gasteiger partial charge in [-0.15, -0.1) is 5.10 Å². The minimum absolute atomic E-state index is 0.139. The molecule has 1 fully saturated rings. The number of hydrogen-bond donors (Lipinski definition) is 1. The number of fused-ring (bicyclic) bond motifs is 2. The molecule has 32 heavy (non-hydrogen) atoms. The Morgan fingerprint density at radius 2 is 1.47 bits per heavy atom. The average molecular weight is 423 g/mol. The van der Waals surface area contributed by atoms with E-state index in [1.165, 1.54) is 4.90 Å². The number of imide groups is 1. The van der Waals surface area contributed by atoms with Crippen molar-refractivity contribution < 1.29 is 9.59 Å². The largest absolute Gasteiger partial charge is 0.324 e. The highest BCUT2D eigenvalue weighted by Gasteiger charge is 2.49. The third-order valence-electron chi connectivity index (χ3n) is 6.39. The van der Waals surface area contributed by atoms with Gasteiger partial charge in [0.15, 0.2) is 0 Å². The molecule has 3 atom stereocenters. The van der Waals surface area contributed by atoms with Crippen LogP contribution in [-0.4, -0.2) is 26.6 Å². The van der Waals surface area contributed by atoms with Crippen molar-refractivity contribution in [1.29, 1.82) is 0 Å². The highest BCUT2D eigenvalue weighted by molar-refractivity contribution is 6.21. The molecule has 1 aromatic heterocycles. The Morgan fingerprint density at radius 3 is 2.12 bits per heavy atom. The summed E-state index contributed by atoms with van der Waals surface area (Å²) in [6.45, 7) is 0. The average Bonchev–Trinajstić information content (AvgIpc) is 3.38. The molecule has 0 saturated carbocycles. The van der Waals surface area contributed by atoms with Crippen LogP contribution in [0.3, 0.4) is 0 Å². The maximum Gasteiger partial charge on any atom is 0.260 e. The summed E-state index contributed by atoms with van der Waals surface area (Å²) < 4.78 is 1.75. The highest BCUT2D eigenvalue weighted by atomic mass is 16.2. The van der Waals surface area contributed by atoms with Crippen LogP contribution in [0.1, 0.15) is 30.0 Å². The van der Waals surface area contributed by atoms with E-state index in [-0.39, 0.29) is 35.6 Å². The number of allylic oxidation sites excluding steroid dienone is 3. The van der Waals surface area contributed by atoms with E-state index in [2.05, 4.69) is 21.5 Å². The first-order valence-corrected chi connectivity index (χ1v) is 10.8. The molecule has 1 saturated heterocycles. The number of carbonyl (C=O) groups is 2. The number of anilines is 2. The summed E-state index contributed by atoms with van der Waals surface area (Å²) in [5, 5.41) is 7.98. The lowest BCUT2D eigenvalue weighted by Crippen LogP contribution is -2.32. The number of hydrogen-bond acceptors (Lipinski definition) is 5. The fourth-order valence-corrected chi connectivity index (χ4v) is 4.75. The van der Waals surface area contributed by atoms with Gasteiger partial charge in [-0.25, -0.2) is 9.58 Å². The summed E-state index contributed by atoms with van der Waals surface area (Å²) in [5.41, 5.74) is 2.97. The van der Waals surface area contributed by atoms with Crippen LogP contribution < -0.4 is 10.2 Å². The zero-order valence-electron chi connectivity index (χ0n) is 17.3. The third kappa shape index (κ3) is 2.89. The highest BCUT2D eigenvalue weighted by Crippen LogP contribution is 2.39. The Morgan fingerprint density at radius 1 is 0.844 bits per heavy atom. The maximum absolute atomic E-state index is 13.0. The lowest BCUT2D eigenvalue weighted by atomic mass is 9.85. The predicted octanol–water partition coefficient (Wildman–Crippen LogP) is 3.79. The van der Waals surface area contributed by atoms with Crippen LogP contribution in [0.4, 0.5) is 11.9 Å². The molecule has 3 aromatic rings. The number of nitrogens with zero attached hydrogens (tertiary/aromatic N) is 4. The van der Waals surface area contributed by atoms with Crippen LogP contribution >= 0.6 is 0 Å². The predicted molar refractivity (Wildman–Crippen MR) is 120 cm³/mol. The Kier molecular flexibility index (Phi) is 4.28. The van der Waals surface area contributed by atoms with E-state index in [1.807, 2.05) is 72.8 Å². The Hall–Kier alpha value is -4.00. The van der Waals surface area contributed by atoms with Crippen LogP contribution in [-0.2, 0) is 9.59 Å². The van der Waals surface area contributed by atoms with Crippen molar-refractivity contribution in [3.8, 4) is 0 Å². The summed E-state index contributed by atoms with van der Waals surface area (Å²) >= 11 is 0. The Balaban J connectivity index is 1.42. The molecule has 1 N–H and O–H groups in total. The van der Waals surface area contributed by atoms with Gasteiger partial charge in [0.25, 0.3) is 5.95 Å². The minimum atomic E-state index is -0.316. The van der Waals surface area contributed by atoms with E-state index in [9.17, 15) is 9.59 Å². The molecule has 0 radical (unpaired) electrons. The quantitative estimate of drug-likeness (QED) is 0.512.